The maximum absolute atomic E-state index is 11.4. The highest BCUT2D eigenvalue weighted by molar-refractivity contribution is 8.00. The third-order valence-electron chi connectivity index (χ3n) is 2.11. The molecule has 6 heteroatoms. The smallest absolute Gasteiger partial charge is 0.313 e. The van der Waals surface area contributed by atoms with Crippen molar-refractivity contribution in [3.8, 4) is 5.75 Å². The Morgan fingerprint density at radius 1 is 1.28 bits per heavy atom. The highest BCUT2D eigenvalue weighted by Crippen LogP contribution is 2.10. The van der Waals surface area contributed by atoms with E-state index in [2.05, 4.69) is 5.32 Å². The van der Waals surface area contributed by atoms with Crippen molar-refractivity contribution >= 4 is 23.6 Å². The summed E-state index contributed by atoms with van der Waals surface area (Å²) in [5.74, 6) is -0.222. The number of aliphatic carboxylic acids is 1. The number of thioether (sulfide) groups is 1. The van der Waals surface area contributed by atoms with Crippen LogP contribution in [0.1, 0.15) is 5.56 Å². The number of hydrogen-bond donors (Lipinski definition) is 2. The van der Waals surface area contributed by atoms with E-state index < -0.39 is 5.97 Å². The summed E-state index contributed by atoms with van der Waals surface area (Å²) < 4.78 is 5.02. The highest BCUT2D eigenvalue weighted by atomic mass is 32.2. The average molecular weight is 269 g/mol. The summed E-state index contributed by atoms with van der Waals surface area (Å²) in [6, 6.07) is 7.37. The Morgan fingerprint density at radius 2 is 1.94 bits per heavy atom. The first-order valence-electron chi connectivity index (χ1n) is 5.31. The van der Waals surface area contributed by atoms with E-state index in [0.29, 0.717) is 6.54 Å². The number of carbonyl (C=O) groups excluding carboxylic acids is 1. The first-order chi connectivity index (χ1) is 8.61. The molecule has 0 spiro atoms. The summed E-state index contributed by atoms with van der Waals surface area (Å²) in [5, 5.41) is 11.1. The number of benzene rings is 1. The van der Waals surface area contributed by atoms with Crippen LogP contribution in [0.4, 0.5) is 0 Å². The summed E-state index contributed by atoms with van der Waals surface area (Å²) in [5.41, 5.74) is 0.965. The molecule has 0 bridgehead atoms. The number of carbonyl (C=O) groups is 2. The molecule has 2 N–H and O–H groups in total. The zero-order chi connectivity index (χ0) is 13.4. The number of carboxylic acids is 1. The molecule has 0 heterocycles. The first-order valence-corrected chi connectivity index (χ1v) is 6.46. The monoisotopic (exact) mass is 269 g/mol. The van der Waals surface area contributed by atoms with E-state index in [9.17, 15) is 9.59 Å². The predicted molar refractivity (Wildman–Crippen MR) is 69.8 cm³/mol. The van der Waals surface area contributed by atoms with Gasteiger partial charge in [0.1, 0.15) is 5.75 Å². The minimum atomic E-state index is -0.914. The van der Waals surface area contributed by atoms with Gasteiger partial charge in [0.05, 0.1) is 18.6 Å². The fraction of sp³-hybridized carbons (Fsp3) is 0.333. The zero-order valence-electron chi connectivity index (χ0n) is 10.0. The van der Waals surface area contributed by atoms with Gasteiger partial charge in [-0.1, -0.05) is 12.1 Å². The number of carboxylic acid groups (broad SMARTS) is 1. The van der Waals surface area contributed by atoms with Crippen molar-refractivity contribution < 1.29 is 19.4 Å². The molecule has 98 valence electrons. The number of methoxy groups -OCH3 is 1. The van der Waals surface area contributed by atoms with E-state index in [1.54, 1.807) is 7.11 Å². The molecule has 5 nitrogen and oxygen atoms in total. The Balaban J connectivity index is 2.26. The molecule has 0 saturated carbocycles. The van der Waals surface area contributed by atoms with E-state index in [1.807, 2.05) is 24.3 Å². The van der Waals surface area contributed by atoms with Crippen LogP contribution >= 0.6 is 11.8 Å². The second-order valence-electron chi connectivity index (χ2n) is 3.51. The van der Waals surface area contributed by atoms with E-state index >= 15 is 0 Å². The van der Waals surface area contributed by atoms with E-state index in [-0.39, 0.29) is 17.4 Å². The lowest BCUT2D eigenvalue weighted by Gasteiger charge is -2.05. The molecule has 1 aromatic carbocycles. The molecule has 0 aliphatic carbocycles. The van der Waals surface area contributed by atoms with Crippen molar-refractivity contribution in [2.75, 3.05) is 18.6 Å². The van der Waals surface area contributed by atoms with Gasteiger partial charge in [-0.15, -0.1) is 11.8 Å². The Morgan fingerprint density at radius 3 is 2.50 bits per heavy atom. The second kappa shape index (κ2) is 7.60. The lowest BCUT2D eigenvalue weighted by atomic mass is 10.2. The Kier molecular flexibility index (Phi) is 6.07. The zero-order valence-corrected chi connectivity index (χ0v) is 10.8. The van der Waals surface area contributed by atoms with E-state index in [4.69, 9.17) is 9.84 Å². The summed E-state index contributed by atoms with van der Waals surface area (Å²) >= 11 is 1.08. The van der Waals surface area contributed by atoms with Gasteiger partial charge in [-0.05, 0) is 17.7 Å². The van der Waals surface area contributed by atoms with E-state index in [0.717, 1.165) is 23.1 Å². The van der Waals surface area contributed by atoms with Crippen molar-refractivity contribution in [3.05, 3.63) is 29.8 Å². The van der Waals surface area contributed by atoms with Gasteiger partial charge in [-0.25, -0.2) is 0 Å². The fourth-order valence-electron chi connectivity index (χ4n) is 1.23. The van der Waals surface area contributed by atoms with Crippen LogP contribution in [-0.4, -0.2) is 35.6 Å². The Hall–Kier alpha value is -1.69. The van der Waals surface area contributed by atoms with Crippen LogP contribution in [0.15, 0.2) is 24.3 Å². The molecule has 0 aliphatic rings. The van der Waals surface area contributed by atoms with Crippen LogP contribution in [-0.2, 0) is 16.1 Å². The third kappa shape index (κ3) is 5.58. The van der Waals surface area contributed by atoms with Crippen molar-refractivity contribution in [1.29, 1.82) is 0 Å². The summed E-state index contributed by atoms with van der Waals surface area (Å²) in [6.07, 6.45) is 0. The van der Waals surface area contributed by atoms with Crippen LogP contribution in [0.25, 0.3) is 0 Å². The molecule has 18 heavy (non-hydrogen) atoms. The number of hydrogen-bond acceptors (Lipinski definition) is 4. The van der Waals surface area contributed by atoms with E-state index in [1.165, 1.54) is 0 Å². The van der Waals surface area contributed by atoms with Crippen LogP contribution in [0, 0.1) is 0 Å². The first kappa shape index (κ1) is 14.4. The summed E-state index contributed by atoms with van der Waals surface area (Å²) in [7, 11) is 1.59. The standard InChI is InChI=1S/C12H15NO4S/c1-17-10-4-2-9(3-5-10)6-13-11(14)7-18-8-12(15)16/h2-5H,6-8H2,1H3,(H,13,14)(H,15,16). The van der Waals surface area contributed by atoms with Crippen molar-refractivity contribution in [3.63, 3.8) is 0 Å². The van der Waals surface area contributed by atoms with Gasteiger partial charge in [-0.3, -0.25) is 9.59 Å². The number of nitrogens with one attached hydrogen (secondary N) is 1. The second-order valence-corrected chi connectivity index (χ2v) is 4.50. The quantitative estimate of drug-likeness (QED) is 0.776. The molecule has 0 unspecified atom stereocenters. The Labute approximate surface area is 110 Å². The maximum atomic E-state index is 11.4. The van der Waals surface area contributed by atoms with Crippen LogP contribution in [0.5, 0.6) is 5.75 Å². The molecule has 0 saturated heterocycles. The lowest BCUT2D eigenvalue weighted by molar-refractivity contribution is -0.133. The predicted octanol–water partition coefficient (Wildman–Crippen LogP) is 1.13. The van der Waals surface area contributed by atoms with Crippen LogP contribution in [0.3, 0.4) is 0 Å². The molecular formula is C12H15NO4S. The normalized spacial score (nSPS) is 9.83. The van der Waals surface area contributed by atoms with Gasteiger partial charge in [0.2, 0.25) is 5.91 Å². The van der Waals surface area contributed by atoms with Gasteiger partial charge in [-0.2, -0.15) is 0 Å². The fourth-order valence-corrected chi connectivity index (χ4v) is 1.79. The molecule has 0 radical (unpaired) electrons. The topological polar surface area (TPSA) is 75.6 Å². The van der Waals surface area contributed by atoms with Gasteiger partial charge in [0.15, 0.2) is 0 Å². The van der Waals surface area contributed by atoms with Gasteiger partial charge in [0, 0.05) is 6.54 Å². The van der Waals surface area contributed by atoms with Crippen molar-refractivity contribution in [1.82, 2.24) is 5.32 Å². The SMILES string of the molecule is COc1ccc(CNC(=O)CSCC(=O)O)cc1. The van der Waals surface area contributed by atoms with Gasteiger partial charge < -0.3 is 15.2 Å². The van der Waals surface area contributed by atoms with Crippen LogP contribution in [0.2, 0.25) is 0 Å². The Bertz CT molecular complexity index is 405. The third-order valence-corrected chi connectivity index (χ3v) is 3.02. The average Bonchev–Trinajstić information content (AvgIpc) is 2.36. The largest absolute Gasteiger partial charge is 0.497 e. The summed E-state index contributed by atoms with van der Waals surface area (Å²) in [6.45, 7) is 0.427. The molecular weight excluding hydrogens is 254 g/mol. The highest BCUT2D eigenvalue weighted by Gasteiger charge is 2.04. The molecule has 1 aromatic rings. The van der Waals surface area contributed by atoms with Crippen molar-refractivity contribution in [2.24, 2.45) is 0 Å². The number of amides is 1. The minimum absolute atomic E-state index is 0.0596. The van der Waals surface area contributed by atoms with Gasteiger partial charge >= 0.3 is 5.97 Å². The molecule has 1 rings (SSSR count). The lowest BCUT2D eigenvalue weighted by Crippen LogP contribution is -2.25. The van der Waals surface area contributed by atoms with Crippen LogP contribution < -0.4 is 10.1 Å². The van der Waals surface area contributed by atoms with Gasteiger partial charge in [0.25, 0.3) is 0 Å². The maximum Gasteiger partial charge on any atom is 0.313 e. The molecule has 0 aliphatic heterocycles. The summed E-state index contributed by atoms with van der Waals surface area (Å²) in [4.78, 5) is 21.6. The number of rotatable bonds is 7. The molecule has 0 aromatic heterocycles. The molecule has 0 atom stereocenters. The van der Waals surface area contributed by atoms with Crippen molar-refractivity contribution in [2.45, 2.75) is 6.54 Å². The minimum Gasteiger partial charge on any atom is -0.497 e. The molecule has 0 fully saturated rings. The molecule has 1 amide bonds. The number of ether oxygens (including phenoxy) is 1.